The van der Waals surface area contributed by atoms with Crippen molar-refractivity contribution in [2.45, 2.75) is 88.9 Å². The largest absolute Gasteiger partial charge is 0.465 e. The molecule has 0 spiro atoms. The molecule has 0 radical (unpaired) electrons. The molecule has 3 rings (SSSR count). The molecule has 1 aliphatic rings. The summed E-state index contributed by atoms with van der Waals surface area (Å²) in [4.78, 5) is 38.5. The van der Waals surface area contributed by atoms with E-state index in [-0.39, 0.29) is 13.1 Å². The summed E-state index contributed by atoms with van der Waals surface area (Å²) >= 11 is 0. The maximum Gasteiger partial charge on any atom is 0.408 e. The number of carboxylic acid groups (broad SMARTS) is 1. The molecule has 0 saturated carbocycles. The number of aliphatic hydroxyl groups is 2. The average molecular weight is 585 g/mol. The van der Waals surface area contributed by atoms with Crippen LogP contribution in [0, 0.1) is 0 Å². The van der Waals surface area contributed by atoms with Crippen LogP contribution in [-0.4, -0.2) is 92.9 Å². The number of cyclic esters (lactones) is 1. The summed E-state index contributed by atoms with van der Waals surface area (Å²) in [6, 6.07) is 16.3. The van der Waals surface area contributed by atoms with Gasteiger partial charge >= 0.3 is 12.2 Å². The Morgan fingerprint density at radius 3 is 1.95 bits per heavy atom. The van der Waals surface area contributed by atoms with Crippen molar-refractivity contribution in [3.05, 3.63) is 71.8 Å². The Bertz CT molecular complexity index is 1190. The van der Waals surface area contributed by atoms with Gasteiger partial charge in [-0.05, 0) is 58.6 Å². The van der Waals surface area contributed by atoms with E-state index in [0.29, 0.717) is 12.8 Å². The Balaban J connectivity index is 1.71. The second-order valence-electron chi connectivity index (χ2n) is 12.2. The number of hydrogen-bond acceptors (Lipinski definition) is 7. The second kappa shape index (κ2) is 14.0. The van der Waals surface area contributed by atoms with Crippen LogP contribution in [0.25, 0.3) is 0 Å². The fourth-order valence-electron chi connectivity index (χ4n) is 5.26. The van der Waals surface area contributed by atoms with Crippen molar-refractivity contribution in [2.75, 3.05) is 13.1 Å². The van der Waals surface area contributed by atoms with Crippen molar-refractivity contribution >= 4 is 18.1 Å². The zero-order chi connectivity index (χ0) is 31.1. The van der Waals surface area contributed by atoms with Crippen LogP contribution in [0.4, 0.5) is 9.59 Å². The molecular weight excluding hydrogens is 540 g/mol. The van der Waals surface area contributed by atoms with E-state index in [9.17, 15) is 29.7 Å². The van der Waals surface area contributed by atoms with Gasteiger partial charge in [-0.15, -0.1) is 0 Å². The van der Waals surface area contributed by atoms with Gasteiger partial charge < -0.3 is 36.0 Å². The molecule has 11 heteroatoms. The molecule has 3 amide bonds. The number of alkyl carbamates (subject to hydrolysis) is 1. The number of benzene rings is 2. The summed E-state index contributed by atoms with van der Waals surface area (Å²) in [6.07, 6.45) is -3.39. The molecule has 0 aliphatic carbocycles. The number of ether oxygens (including phenoxy) is 1. The van der Waals surface area contributed by atoms with Gasteiger partial charge in [0.1, 0.15) is 5.60 Å². The Kier molecular flexibility index (Phi) is 10.9. The van der Waals surface area contributed by atoms with Crippen molar-refractivity contribution in [3.8, 4) is 0 Å². The first-order chi connectivity index (χ1) is 19.7. The van der Waals surface area contributed by atoms with Crippen LogP contribution in [0.1, 0.15) is 45.7 Å². The normalized spacial score (nSPS) is 19.1. The fourth-order valence-corrected chi connectivity index (χ4v) is 5.26. The number of carbonyl (C=O) groups excluding carboxylic acids is 2. The Morgan fingerprint density at radius 1 is 0.952 bits per heavy atom. The van der Waals surface area contributed by atoms with E-state index in [1.165, 1.54) is 4.90 Å². The number of rotatable bonds is 13. The van der Waals surface area contributed by atoms with E-state index in [1.807, 2.05) is 60.7 Å². The van der Waals surface area contributed by atoms with E-state index in [4.69, 9.17) is 4.74 Å². The van der Waals surface area contributed by atoms with Gasteiger partial charge in [0.05, 0.1) is 24.3 Å². The smallest absolute Gasteiger partial charge is 0.408 e. The average Bonchev–Trinajstić information content (AvgIpc) is 3.19. The summed E-state index contributed by atoms with van der Waals surface area (Å²) in [5.41, 5.74) is -0.0706. The predicted octanol–water partition coefficient (Wildman–Crippen LogP) is 2.30. The minimum atomic E-state index is -1.14. The maximum absolute atomic E-state index is 13.2. The van der Waals surface area contributed by atoms with Crippen LogP contribution in [-0.2, 0) is 22.4 Å². The SMILES string of the molecule is CC1(C)OC(=O)NC1C(=O)N[C@@H](Cc1ccccc1)[C@H](O)CNC[C@@H](O)[C@H](Cc1ccccc1)N(C(=O)O)C(C)(C)C. The number of hydrogen-bond donors (Lipinski definition) is 6. The zero-order valence-electron chi connectivity index (χ0n) is 24.9. The Hall–Kier alpha value is -3.67. The number of carbonyl (C=O) groups is 3. The second-order valence-corrected chi connectivity index (χ2v) is 12.2. The minimum Gasteiger partial charge on any atom is -0.465 e. The highest BCUT2D eigenvalue weighted by Crippen LogP contribution is 2.24. The highest BCUT2D eigenvalue weighted by atomic mass is 16.6. The van der Waals surface area contributed by atoms with Crippen LogP contribution in [0.2, 0.25) is 0 Å². The molecule has 1 unspecified atom stereocenters. The first-order valence-electron chi connectivity index (χ1n) is 14.2. The summed E-state index contributed by atoms with van der Waals surface area (Å²) < 4.78 is 5.20. The quantitative estimate of drug-likeness (QED) is 0.209. The molecule has 1 saturated heterocycles. The third kappa shape index (κ3) is 8.91. The van der Waals surface area contributed by atoms with Crippen molar-refractivity contribution in [2.24, 2.45) is 0 Å². The topological polar surface area (TPSA) is 160 Å². The molecular formula is C31H44N4O7. The van der Waals surface area contributed by atoms with E-state index >= 15 is 0 Å². The lowest BCUT2D eigenvalue weighted by Gasteiger charge is -2.42. The highest BCUT2D eigenvalue weighted by molar-refractivity contribution is 5.89. The highest BCUT2D eigenvalue weighted by Gasteiger charge is 2.46. The molecule has 1 fully saturated rings. The summed E-state index contributed by atoms with van der Waals surface area (Å²) in [5, 5.41) is 40.9. The molecule has 0 aromatic heterocycles. The van der Waals surface area contributed by atoms with Gasteiger partial charge in [-0.1, -0.05) is 60.7 Å². The molecule has 1 aliphatic heterocycles. The fraction of sp³-hybridized carbons (Fsp3) is 0.516. The number of amides is 3. The Labute approximate surface area is 247 Å². The monoisotopic (exact) mass is 584 g/mol. The molecule has 1 heterocycles. The van der Waals surface area contributed by atoms with Gasteiger partial charge in [0.15, 0.2) is 6.04 Å². The van der Waals surface area contributed by atoms with Gasteiger partial charge in [-0.25, -0.2) is 9.59 Å². The molecule has 11 nitrogen and oxygen atoms in total. The van der Waals surface area contributed by atoms with Gasteiger partial charge in [-0.2, -0.15) is 0 Å². The van der Waals surface area contributed by atoms with Gasteiger partial charge in [0.25, 0.3) is 0 Å². The molecule has 0 bridgehead atoms. The standard InChI is InChI=1S/C31H44N4O7/c1-30(2,3)35(29(40)41)23(17-21-14-10-7-11-15-21)25(37)19-32-18-24(36)22(16-20-12-8-6-9-13-20)33-27(38)26-31(4,5)42-28(39)34-26/h6-15,22-26,32,36-37H,16-19H2,1-5H3,(H,33,38)(H,34,39)(H,40,41)/t22-,23-,24+,25+,26?/m0/s1. The summed E-state index contributed by atoms with van der Waals surface area (Å²) in [5.74, 6) is -0.490. The molecule has 230 valence electrons. The van der Waals surface area contributed by atoms with Crippen LogP contribution >= 0.6 is 0 Å². The van der Waals surface area contributed by atoms with Crippen LogP contribution in [0.5, 0.6) is 0 Å². The Morgan fingerprint density at radius 2 is 1.48 bits per heavy atom. The maximum atomic E-state index is 13.2. The molecule has 42 heavy (non-hydrogen) atoms. The van der Waals surface area contributed by atoms with Crippen molar-refractivity contribution in [1.82, 2.24) is 20.9 Å². The zero-order valence-corrected chi connectivity index (χ0v) is 24.9. The van der Waals surface area contributed by atoms with Gasteiger partial charge in [0.2, 0.25) is 5.91 Å². The molecule has 5 atom stereocenters. The lowest BCUT2D eigenvalue weighted by Crippen LogP contribution is -2.59. The predicted molar refractivity (Wildman–Crippen MR) is 158 cm³/mol. The van der Waals surface area contributed by atoms with E-state index in [2.05, 4.69) is 16.0 Å². The number of aliphatic hydroxyl groups excluding tert-OH is 2. The minimum absolute atomic E-state index is 0.0000227. The molecule has 2 aromatic rings. The van der Waals surface area contributed by atoms with Gasteiger partial charge in [0, 0.05) is 18.6 Å². The van der Waals surface area contributed by atoms with Crippen LogP contribution in [0.3, 0.4) is 0 Å². The van der Waals surface area contributed by atoms with Crippen LogP contribution in [0.15, 0.2) is 60.7 Å². The van der Waals surface area contributed by atoms with Crippen molar-refractivity contribution < 1.29 is 34.4 Å². The lowest BCUT2D eigenvalue weighted by molar-refractivity contribution is -0.127. The third-order valence-corrected chi connectivity index (χ3v) is 7.37. The summed E-state index contributed by atoms with van der Waals surface area (Å²) in [7, 11) is 0. The van der Waals surface area contributed by atoms with Crippen molar-refractivity contribution in [3.63, 3.8) is 0 Å². The van der Waals surface area contributed by atoms with E-state index < -0.39 is 59.6 Å². The van der Waals surface area contributed by atoms with E-state index in [1.54, 1.807) is 34.6 Å². The lowest BCUT2D eigenvalue weighted by atomic mass is 9.94. The van der Waals surface area contributed by atoms with E-state index in [0.717, 1.165) is 11.1 Å². The first-order valence-corrected chi connectivity index (χ1v) is 14.2. The number of nitrogens with zero attached hydrogens (tertiary/aromatic N) is 1. The van der Waals surface area contributed by atoms with Crippen molar-refractivity contribution in [1.29, 1.82) is 0 Å². The molecule has 6 N–H and O–H groups in total. The van der Waals surface area contributed by atoms with Crippen LogP contribution < -0.4 is 16.0 Å². The first kappa shape index (κ1) is 32.8. The van der Waals surface area contributed by atoms with Gasteiger partial charge in [-0.3, -0.25) is 9.69 Å². The number of nitrogens with one attached hydrogen (secondary N) is 3. The third-order valence-electron chi connectivity index (χ3n) is 7.37. The molecule has 2 aromatic carbocycles. The summed E-state index contributed by atoms with van der Waals surface area (Å²) in [6.45, 7) is 8.60.